The van der Waals surface area contributed by atoms with Crippen molar-refractivity contribution in [3.05, 3.63) is 42.7 Å². The lowest BCUT2D eigenvalue weighted by molar-refractivity contribution is -0.0753. The minimum absolute atomic E-state index is 0.322. The highest BCUT2D eigenvalue weighted by atomic mass is 16.5. The van der Waals surface area contributed by atoms with Gasteiger partial charge in [-0.1, -0.05) is 0 Å². The third-order valence-electron chi connectivity index (χ3n) is 5.33. The van der Waals surface area contributed by atoms with Gasteiger partial charge in [-0.05, 0) is 25.0 Å². The Labute approximate surface area is 142 Å². The molecule has 24 heavy (non-hydrogen) atoms. The first-order chi connectivity index (χ1) is 11.8. The van der Waals surface area contributed by atoms with Crippen molar-refractivity contribution in [2.75, 3.05) is 25.0 Å². The Bertz CT molecular complexity index is 658. The second-order valence-electron chi connectivity index (χ2n) is 6.79. The summed E-state index contributed by atoms with van der Waals surface area (Å²) in [5.74, 6) is 1.69. The minimum atomic E-state index is 0.322. The molecule has 1 saturated carbocycles. The third-order valence-corrected chi connectivity index (χ3v) is 5.33. The number of fused-ring (bicyclic) bond motifs is 1. The van der Waals surface area contributed by atoms with Crippen molar-refractivity contribution in [2.24, 2.45) is 13.0 Å². The molecule has 0 bridgehead atoms. The molecule has 2 aliphatic rings. The van der Waals surface area contributed by atoms with Crippen molar-refractivity contribution in [2.45, 2.75) is 31.5 Å². The van der Waals surface area contributed by atoms with Gasteiger partial charge in [0, 0.05) is 56.9 Å². The highest BCUT2D eigenvalue weighted by Gasteiger charge is 2.42. The van der Waals surface area contributed by atoms with E-state index in [9.17, 15) is 0 Å². The molecule has 1 aliphatic heterocycles. The summed E-state index contributed by atoms with van der Waals surface area (Å²) in [6.45, 7) is 3.67. The fraction of sp³-hybridized carbons (Fsp3) is 0.556. The van der Waals surface area contributed by atoms with Crippen LogP contribution in [0.2, 0.25) is 0 Å². The van der Waals surface area contributed by atoms with E-state index in [1.165, 1.54) is 12.8 Å². The fourth-order valence-corrected chi connectivity index (χ4v) is 4.00. The van der Waals surface area contributed by atoms with Gasteiger partial charge in [0.1, 0.15) is 5.82 Å². The molecule has 3 atom stereocenters. The average molecular weight is 327 g/mol. The number of pyridine rings is 1. The molecule has 0 unspecified atom stereocenters. The van der Waals surface area contributed by atoms with Crippen LogP contribution in [0, 0.1) is 5.92 Å². The molecule has 0 spiro atoms. The predicted molar refractivity (Wildman–Crippen MR) is 92.6 cm³/mol. The molecule has 2 fully saturated rings. The van der Waals surface area contributed by atoms with Gasteiger partial charge in [-0.25, -0.2) is 4.98 Å². The number of aryl methyl sites for hydroxylation is 1. The standard InChI is InChI=1S/C18H25N5O/c1-22-8-7-20-17(22)13-23-9-10-24-18-14(4-5-16(18)23)11-21-15-3-2-6-19-12-15/h2-3,6-8,12,14,16,18,21H,4-5,9-11,13H2,1H3/t14-,16-,18-/m1/s1. The summed E-state index contributed by atoms with van der Waals surface area (Å²) >= 11 is 0. The molecule has 2 aromatic heterocycles. The predicted octanol–water partition coefficient (Wildman–Crippen LogP) is 1.91. The molecule has 3 heterocycles. The Hall–Kier alpha value is -1.92. The van der Waals surface area contributed by atoms with E-state index in [1.54, 1.807) is 6.20 Å². The van der Waals surface area contributed by atoms with E-state index in [2.05, 4.69) is 37.9 Å². The van der Waals surface area contributed by atoms with Crippen LogP contribution in [0.25, 0.3) is 0 Å². The number of nitrogens with zero attached hydrogens (tertiary/aromatic N) is 4. The topological polar surface area (TPSA) is 55.2 Å². The van der Waals surface area contributed by atoms with Gasteiger partial charge in [0.25, 0.3) is 0 Å². The maximum absolute atomic E-state index is 6.16. The molecule has 0 amide bonds. The van der Waals surface area contributed by atoms with E-state index in [0.29, 0.717) is 18.1 Å². The second-order valence-corrected chi connectivity index (χ2v) is 6.79. The molecule has 6 nitrogen and oxygen atoms in total. The van der Waals surface area contributed by atoms with Crippen LogP contribution in [-0.4, -0.2) is 51.3 Å². The number of imidazole rings is 1. The molecule has 2 aromatic rings. The molecule has 6 heteroatoms. The summed E-state index contributed by atoms with van der Waals surface area (Å²) in [4.78, 5) is 11.2. The first-order valence-electron chi connectivity index (χ1n) is 8.77. The van der Waals surface area contributed by atoms with Crippen LogP contribution in [-0.2, 0) is 18.3 Å². The van der Waals surface area contributed by atoms with Gasteiger partial charge in [0.2, 0.25) is 0 Å². The van der Waals surface area contributed by atoms with Crippen molar-refractivity contribution < 1.29 is 4.74 Å². The Morgan fingerprint density at radius 1 is 1.33 bits per heavy atom. The zero-order chi connectivity index (χ0) is 16.4. The molecule has 1 saturated heterocycles. The van der Waals surface area contributed by atoms with Crippen LogP contribution in [0.15, 0.2) is 36.9 Å². The molecular weight excluding hydrogens is 302 g/mol. The number of anilines is 1. The van der Waals surface area contributed by atoms with E-state index >= 15 is 0 Å². The van der Waals surface area contributed by atoms with Gasteiger partial charge in [0.15, 0.2) is 0 Å². The SMILES string of the molecule is Cn1ccnc1CN1CCO[C@@H]2[C@@H](CNc3cccnc3)CC[C@H]21. The number of aromatic nitrogens is 3. The van der Waals surface area contributed by atoms with E-state index in [-0.39, 0.29) is 0 Å². The highest BCUT2D eigenvalue weighted by Crippen LogP contribution is 2.35. The summed E-state index contributed by atoms with van der Waals surface area (Å²) in [6, 6.07) is 4.54. The van der Waals surface area contributed by atoms with Gasteiger partial charge in [-0.15, -0.1) is 0 Å². The molecule has 128 valence electrons. The van der Waals surface area contributed by atoms with E-state index in [0.717, 1.165) is 37.8 Å². The number of nitrogens with one attached hydrogen (secondary N) is 1. The lowest BCUT2D eigenvalue weighted by Gasteiger charge is -2.39. The normalized spacial score (nSPS) is 27.1. The quantitative estimate of drug-likeness (QED) is 0.909. The van der Waals surface area contributed by atoms with Gasteiger partial charge in [-0.2, -0.15) is 0 Å². The summed E-state index contributed by atoms with van der Waals surface area (Å²) in [6.07, 6.45) is 10.3. The van der Waals surface area contributed by atoms with E-state index in [4.69, 9.17) is 4.74 Å². The lowest BCUT2D eigenvalue weighted by atomic mass is 10.0. The molecular formula is C18H25N5O. The second kappa shape index (κ2) is 6.91. The number of hydrogen-bond acceptors (Lipinski definition) is 5. The Morgan fingerprint density at radius 2 is 2.29 bits per heavy atom. The van der Waals surface area contributed by atoms with Crippen molar-refractivity contribution in [3.8, 4) is 0 Å². The number of rotatable bonds is 5. The van der Waals surface area contributed by atoms with Crippen LogP contribution >= 0.6 is 0 Å². The Balaban J connectivity index is 1.38. The van der Waals surface area contributed by atoms with Crippen LogP contribution in [0.3, 0.4) is 0 Å². The van der Waals surface area contributed by atoms with Crippen LogP contribution in [0.4, 0.5) is 5.69 Å². The summed E-state index contributed by atoms with van der Waals surface area (Å²) in [5.41, 5.74) is 1.08. The van der Waals surface area contributed by atoms with Crippen molar-refractivity contribution in [1.82, 2.24) is 19.4 Å². The molecule has 4 rings (SSSR count). The van der Waals surface area contributed by atoms with E-state index < -0.39 is 0 Å². The first kappa shape index (κ1) is 15.6. The molecule has 1 aliphatic carbocycles. The zero-order valence-corrected chi connectivity index (χ0v) is 14.1. The maximum atomic E-state index is 6.16. The van der Waals surface area contributed by atoms with Gasteiger partial charge >= 0.3 is 0 Å². The van der Waals surface area contributed by atoms with Gasteiger partial charge < -0.3 is 14.6 Å². The fourth-order valence-electron chi connectivity index (χ4n) is 4.00. The van der Waals surface area contributed by atoms with Crippen molar-refractivity contribution in [3.63, 3.8) is 0 Å². The zero-order valence-electron chi connectivity index (χ0n) is 14.1. The lowest BCUT2D eigenvalue weighted by Crippen LogP contribution is -2.50. The van der Waals surface area contributed by atoms with Crippen LogP contribution < -0.4 is 5.32 Å². The molecule has 0 radical (unpaired) electrons. The first-order valence-corrected chi connectivity index (χ1v) is 8.77. The smallest absolute Gasteiger partial charge is 0.122 e. The summed E-state index contributed by atoms with van der Waals surface area (Å²) in [7, 11) is 2.07. The van der Waals surface area contributed by atoms with Crippen LogP contribution in [0.1, 0.15) is 18.7 Å². The van der Waals surface area contributed by atoms with E-state index in [1.807, 2.05) is 24.7 Å². The number of ether oxygens (including phenoxy) is 1. The number of morpholine rings is 1. The monoisotopic (exact) mass is 327 g/mol. The maximum Gasteiger partial charge on any atom is 0.122 e. The van der Waals surface area contributed by atoms with Crippen molar-refractivity contribution in [1.29, 1.82) is 0 Å². The molecule has 0 aromatic carbocycles. The molecule has 1 N–H and O–H groups in total. The average Bonchev–Trinajstić information content (AvgIpc) is 3.21. The van der Waals surface area contributed by atoms with Crippen molar-refractivity contribution >= 4 is 5.69 Å². The Kier molecular flexibility index (Phi) is 4.49. The van der Waals surface area contributed by atoms with Gasteiger partial charge in [-0.3, -0.25) is 9.88 Å². The Morgan fingerprint density at radius 3 is 3.08 bits per heavy atom. The highest BCUT2D eigenvalue weighted by molar-refractivity contribution is 5.39. The largest absolute Gasteiger partial charge is 0.383 e. The summed E-state index contributed by atoms with van der Waals surface area (Å²) < 4.78 is 8.27. The van der Waals surface area contributed by atoms with Gasteiger partial charge in [0.05, 0.1) is 24.9 Å². The van der Waals surface area contributed by atoms with Crippen LogP contribution in [0.5, 0.6) is 0 Å². The number of hydrogen-bond donors (Lipinski definition) is 1. The summed E-state index contributed by atoms with van der Waals surface area (Å²) in [5, 5.41) is 3.51. The third kappa shape index (κ3) is 3.16. The minimum Gasteiger partial charge on any atom is -0.383 e.